The van der Waals surface area contributed by atoms with Gasteiger partial charge in [0.15, 0.2) is 5.13 Å². The Morgan fingerprint density at radius 2 is 1.77 bits per heavy atom. The van der Waals surface area contributed by atoms with Crippen molar-refractivity contribution in [3.63, 3.8) is 0 Å². The highest BCUT2D eigenvalue weighted by Gasteiger charge is 2.21. The van der Waals surface area contributed by atoms with E-state index in [0.717, 1.165) is 21.0 Å². The van der Waals surface area contributed by atoms with Crippen molar-refractivity contribution in [2.24, 2.45) is 0 Å². The first-order chi connectivity index (χ1) is 12.2. The fraction of sp³-hybridized carbons (Fsp3) is 0.333. The topological polar surface area (TPSA) is 45.2 Å². The van der Waals surface area contributed by atoms with E-state index in [1.165, 1.54) is 11.1 Å². The van der Waals surface area contributed by atoms with Crippen LogP contribution in [0.15, 0.2) is 42.5 Å². The Morgan fingerprint density at radius 1 is 1.12 bits per heavy atom. The maximum Gasteiger partial charge on any atom is 0.240 e. The molecule has 1 amide bonds. The van der Waals surface area contributed by atoms with Crippen molar-refractivity contribution in [2.75, 3.05) is 11.4 Å². The summed E-state index contributed by atoms with van der Waals surface area (Å²) in [7, 11) is 0. The number of anilines is 2. The molecule has 0 aliphatic heterocycles. The average Bonchev–Trinajstić information content (AvgIpc) is 2.93. The Hall–Kier alpha value is -2.40. The first-order valence-corrected chi connectivity index (χ1v) is 9.55. The molecule has 0 fully saturated rings. The minimum atomic E-state index is -0.265. The van der Waals surface area contributed by atoms with E-state index in [-0.39, 0.29) is 18.0 Å². The number of fused-ring (bicyclic) bond motifs is 1. The molecule has 3 aromatic rings. The van der Waals surface area contributed by atoms with Gasteiger partial charge in [0.2, 0.25) is 5.91 Å². The minimum absolute atomic E-state index is 0.0177. The van der Waals surface area contributed by atoms with Gasteiger partial charge in [-0.15, -0.1) is 0 Å². The second-order valence-corrected chi connectivity index (χ2v) is 8.70. The summed E-state index contributed by atoms with van der Waals surface area (Å²) in [6, 6.07) is 14.4. The minimum Gasteiger partial charge on any atom is -0.350 e. The third kappa shape index (κ3) is 4.41. The number of amides is 1. The number of hydrogen-bond donors (Lipinski definition) is 1. The smallest absolute Gasteiger partial charge is 0.240 e. The molecule has 0 unspecified atom stereocenters. The maximum absolute atomic E-state index is 12.6. The number of carbonyl (C=O) groups is 1. The third-order valence-electron chi connectivity index (χ3n) is 3.85. The Kier molecular flexibility index (Phi) is 5.01. The molecule has 0 saturated heterocycles. The van der Waals surface area contributed by atoms with Crippen molar-refractivity contribution in [3.8, 4) is 0 Å². The summed E-state index contributed by atoms with van der Waals surface area (Å²) in [6.07, 6.45) is 0. The lowest BCUT2D eigenvalue weighted by Crippen LogP contribution is -2.45. The molecule has 0 radical (unpaired) electrons. The molecule has 0 aliphatic rings. The van der Waals surface area contributed by atoms with Crippen LogP contribution >= 0.6 is 11.3 Å². The van der Waals surface area contributed by atoms with Gasteiger partial charge in [0.1, 0.15) is 6.54 Å². The Bertz CT molecular complexity index is 887. The van der Waals surface area contributed by atoms with E-state index in [0.29, 0.717) is 0 Å². The number of para-hydroxylation sites is 1. The van der Waals surface area contributed by atoms with E-state index < -0.39 is 0 Å². The molecule has 0 bridgehead atoms. The summed E-state index contributed by atoms with van der Waals surface area (Å²) in [4.78, 5) is 19.4. The van der Waals surface area contributed by atoms with Gasteiger partial charge in [-0.1, -0.05) is 29.5 Å². The molecule has 0 saturated carbocycles. The monoisotopic (exact) mass is 367 g/mol. The van der Waals surface area contributed by atoms with Gasteiger partial charge in [0, 0.05) is 11.2 Å². The molecule has 2 aromatic carbocycles. The van der Waals surface area contributed by atoms with Gasteiger partial charge < -0.3 is 10.2 Å². The zero-order chi connectivity index (χ0) is 18.9. The van der Waals surface area contributed by atoms with Crippen molar-refractivity contribution >= 4 is 38.3 Å². The quantitative estimate of drug-likeness (QED) is 0.708. The number of aryl methyl sites for hydroxylation is 2. The average molecular weight is 368 g/mol. The lowest BCUT2D eigenvalue weighted by molar-refractivity contribution is -0.121. The van der Waals surface area contributed by atoms with Crippen LogP contribution in [-0.2, 0) is 4.79 Å². The van der Waals surface area contributed by atoms with Crippen molar-refractivity contribution in [2.45, 2.75) is 40.2 Å². The van der Waals surface area contributed by atoms with Gasteiger partial charge in [-0.3, -0.25) is 4.79 Å². The predicted molar refractivity (Wildman–Crippen MR) is 110 cm³/mol. The molecular formula is C21H25N3OS. The van der Waals surface area contributed by atoms with Crippen molar-refractivity contribution in [1.29, 1.82) is 0 Å². The van der Waals surface area contributed by atoms with Gasteiger partial charge in [0.25, 0.3) is 0 Å². The van der Waals surface area contributed by atoms with E-state index in [1.807, 2.05) is 43.9 Å². The molecule has 1 N–H and O–H groups in total. The molecule has 5 heteroatoms. The summed E-state index contributed by atoms with van der Waals surface area (Å²) in [5.74, 6) is -0.0177. The predicted octanol–water partition coefficient (Wildman–Crippen LogP) is 4.97. The first kappa shape index (κ1) is 18.4. The van der Waals surface area contributed by atoms with Crippen LogP contribution in [0.3, 0.4) is 0 Å². The van der Waals surface area contributed by atoms with Crippen LogP contribution < -0.4 is 10.2 Å². The van der Waals surface area contributed by atoms with Gasteiger partial charge >= 0.3 is 0 Å². The highest BCUT2D eigenvalue weighted by Crippen LogP contribution is 2.34. The fourth-order valence-corrected chi connectivity index (χ4v) is 3.94. The Balaban J connectivity index is 2.01. The van der Waals surface area contributed by atoms with Crippen LogP contribution in [0.4, 0.5) is 10.8 Å². The molecule has 26 heavy (non-hydrogen) atoms. The van der Waals surface area contributed by atoms with Crippen LogP contribution in [0.25, 0.3) is 10.2 Å². The molecule has 1 aromatic heterocycles. The van der Waals surface area contributed by atoms with E-state index in [1.54, 1.807) is 11.3 Å². The number of benzene rings is 2. The molecule has 136 valence electrons. The van der Waals surface area contributed by atoms with Crippen LogP contribution in [0, 0.1) is 13.8 Å². The summed E-state index contributed by atoms with van der Waals surface area (Å²) in [6.45, 7) is 10.3. The van der Waals surface area contributed by atoms with Gasteiger partial charge in [-0.05, 0) is 70.0 Å². The normalized spacial score (nSPS) is 11.6. The van der Waals surface area contributed by atoms with Crippen LogP contribution in [0.2, 0.25) is 0 Å². The van der Waals surface area contributed by atoms with Gasteiger partial charge in [-0.25, -0.2) is 4.98 Å². The third-order valence-corrected chi connectivity index (χ3v) is 4.91. The maximum atomic E-state index is 12.6. The number of hydrogen-bond acceptors (Lipinski definition) is 4. The summed E-state index contributed by atoms with van der Waals surface area (Å²) in [5.41, 5.74) is 4.02. The van der Waals surface area contributed by atoms with Gasteiger partial charge in [-0.2, -0.15) is 0 Å². The Morgan fingerprint density at radius 3 is 2.38 bits per heavy atom. The second-order valence-electron chi connectivity index (χ2n) is 7.69. The Labute approximate surface area is 158 Å². The zero-order valence-electron chi connectivity index (χ0n) is 16.0. The van der Waals surface area contributed by atoms with Gasteiger partial charge in [0.05, 0.1) is 10.2 Å². The molecule has 0 atom stereocenters. The highest BCUT2D eigenvalue weighted by atomic mass is 32.1. The van der Waals surface area contributed by atoms with Crippen molar-refractivity contribution < 1.29 is 4.79 Å². The molecule has 3 rings (SSSR count). The molecule has 1 heterocycles. The fourth-order valence-electron chi connectivity index (χ4n) is 2.95. The van der Waals surface area contributed by atoms with Crippen molar-refractivity contribution in [3.05, 3.63) is 53.6 Å². The standard InChI is InChI=1S/C21H25N3OS/c1-14-10-15(2)12-16(11-14)24(13-19(25)23-21(3,4)5)20-22-17-8-6-7-9-18(17)26-20/h6-12H,13H2,1-5H3,(H,23,25). The second kappa shape index (κ2) is 7.08. The number of nitrogens with one attached hydrogen (secondary N) is 1. The first-order valence-electron chi connectivity index (χ1n) is 8.74. The number of thiazole rings is 1. The summed E-state index contributed by atoms with van der Waals surface area (Å²) in [5, 5.41) is 3.88. The van der Waals surface area contributed by atoms with Crippen LogP contribution in [0.1, 0.15) is 31.9 Å². The number of rotatable bonds is 4. The number of aromatic nitrogens is 1. The van der Waals surface area contributed by atoms with E-state index in [4.69, 9.17) is 4.98 Å². The molecule has 4 nitrogen and oxygen atoms in total. The van der Waals surface area contributed by atoms with E-state index >= 15 is 0 Å². The zero-order valence-corrected chi connectivity index (χ0v) is 16.8. The largest absolute Gasteiger partial charge is 0.350 e. The number of carbonyl (C=O) groups excluding carboxylic acids is 1. The van der Waals surface area contributed by atoms with E-state index in [9.17, 15) is 4.79 Å². The van der Waals surface area contributed by atoms with E-state index in [2.05, 4.69) is 43.4 Å². The highest BCUT2D eigenvalue weighted by molar-refractivity contribution is 7.22. The van der Waals surface area contributed by atoms with Crippen LogP contribution in [-0.4, -0.2) is 23.0 Å². The number of nitrogens with zero attached hydrogens (tertiary/aromatic N) is 2. The molecule has 0 spiro atoms. The van der Waals surface area contributed by atoms with Crippen molar-refractivity contribution in [1.82, 2.24) is 10.3 Å². The lowest BCUT2D eigenvalue weighted by atomic mass is 10.1. The molecular weight excluding hydrogens is 342 g/mol. The molecule has 0 aliphatic carbocycles. The SMILES string of the molecule is Cc1cc(C)cc(N(CC(=O)NC(C)(C)C)c2nc3ccccc3s2)c1. The van der Waals surface area contributed by atoms with Crippen LogP contribution in [0.5, 0.6) is 0 Å². The lowest BCUT2D eigenvalue weighted by Gasteiger charge is -2.26. The summed E-state index contributed by atoms with van der Waals surface area (Å²) >= 11 is 1.61. The summed E-state index contributed by atoms with van der Waals surface area (Å²) < 4.78 is 1.12.